The van der Waals surface area contributed by atoms with E-state index in [1.165, 1.54) is 11.3 Å². The molecule has 0 atom stereocenters. The first-order valence-corrected chi connectivity index (χ1v) is 4.43. The molecular formula is C8H13NOS. The second kappa shape index (κ2) is 4.91. The summed E-state index contributed by atoms with van der Waals surface area (Å²) in [5.41, 5.74) is 6.09. The van der Waals surface area contributed by atoms with Crippen LogP contribution in [0.4, 0.5) is 0 Å². The summed E-state index contributed by atoms with van der Waals surface area (Å²) in [6, 6.07) is 1.78. The summed E-state index contributed by atoms with van der Waals surface area (Å²) in [7, 11) is 0. The van der Waals surface area contributed by atoms with Crippen molar-refractivity contribution >= 4 is 17.2 Å². The highest BCUT2D eigenvalue weighted by atomic mass is 32.1. The van der Waals surface area contributed by atoms with E-state index in [4.69, 9.17) is 5.73 Å². The maximum absolute atomic E-state index is 10.4. The average Bonchev–Trinajstić information content (AvgIpc) is 2.40. The van der Waals surface area contributed by atoms with E-state index in [0.29, 0.717) is 4.88 Å². The van der Waals surface area contributed by atoms with Crippen LogP contribution >= 0.6 is 11.3 Å². The second-order valence-electron chi connectivity index (χ2n) is 1.85. The molecular weight excluding hydrogens is 158 g/mol. The van der Waals surface area contributed by atoms with Crippen LogP contribution in [0.5, 0.6) is 0 Å². The molecule has 1 rings (SSSR count). The van der Waals surface area contributed by atoms with Gasteiger partial charge in [0.1, 0.15) is 0 Å². The number of thiophene rings is 1. The van der Waals surface area contributed by atoms with Crippen molar-refractivity contribution < 1.29 is 4.79 Å². The summed E-state index contributed by atoms with van der Waals surface area (Å²) in [4.78, 5) is 11.1. The van der Waals surface area contributed by atoms with E-state index < -0.39 is 0 Å². The molecule has 0 saturated carbocycles. The first-order valence-electron chi connectivity index (χ1n) is 3.55. The number of aryl methyl sites for hydroxylation is 1. The Bertz CT molecular complexity index is 230. The SMILES string of the molecule is CC.Cc1csc(C(N)=O)c1. The lowest BCUT2D eigenvalue weighted by Crippen LogP contribution is -2.08. The van der Waals surface area contributed by atoms with Crippen molar-refractivity contribution in [3.8, 4) is 0 Å². The van der Waals surface area contributed by atoms with Crippen LogP contribution in [0.25, 0.3) is 0 Å². The summed E-state index contributed by atoms with van der Waals surface area (Å²) in [6.45, 7) is 5.93. The van der Waals surface area contributed by atoms with Crippen molar-refractivity contribution in [3.05, 3.63) is 21.9 Å². The van der Waals surface area contributed by atoms with Crippen LogP contribution in [0.2, 0.25) is 0 Å². The molecule has 2 nitrogen and oxygen atoms in total. The van der Waals surface area contributed by atoms with E-state index in [0.717, 1.165) is 5.56 Å². The fraction of sp³-hybridized carbons (Fsp3) is 0.375. The van der Waals surface area contributed by atoms with Gasteiger partial charge in [0, 0.05) is 0 Å². The van der Waals surface area contributed by atoms with Crippen molar-refractivity contribution in [3.63, 3.8) is 0 Å². The lowest BCUT2D eigenvalue weighted by molar-refractivity contribution is 0.100. The summed E-state index contributed by atoms with van der Waals surface area (Å²) in [6.07, 6.45) is 0. The maximum Gasteiger partial charge on any atom is 0.258 e. The van der Waals surface area contributed by atoms with Crippen LogP contribution < -0.4 is 5.73 Å². The highest BCUT2D eigenvalue weighted by Crippen LogP contribution is 2.11. The number of hydrogen-bond donors (Lipinski definition) is 1. The highest BCUT2D eigenvalue weighted by Gasteiger charge is 2.00. The molecule has 0 radical (unpaired) electrons. The van der Waals surface area contributed by atoms with Crippen LogP contribution in [0.1, 0.15) is 29.1 Å². The predicted octanol–water partition coefficient (Wildman–Crippen LogP) is 2.18. The van der Waals surface area contributed by atoms with Gasteiger partial charge in [0.05, 0.1) is 4.88 Å². The van der Waals surface area contributed by atoms with Crippen molar-refractivity contribution in [2.75, 3.05) is 0 Å². The van der Waals surface area contributed by atoms with E-state index in [-0.39, 0.29) is 5.91 Å². The summed E-state index contributed by atoms with van der Waals surface area (Å²) in [5, 5.41) is 1.90. The molecule has 11 heavy (non-hydrogen) atoms. The van der Waals surface area contributed by atoms with Gasteiger partial charge in [0.2, 0.25) is 0 Å². The Morgan fingerprint density at radius 3 is 2.27 bits per heavy atom. The Morgan fingerprint density at radius 1 is 1.55 bits per heavy atom. The van der Waals surface area contributed by atoms with Crippen LogP contribution in [0.15, 0.2) is 11.4 Å². The van der Waals surface area contributed by atoms with Crippen LogP contribution in [0.3, 0.4) is 0 Å². The number of amides is 1. The summed E-state index contributed by atoms with van der Waals surface area (Å²) < 4.78 is 0. The van der Waals surface area contributed by atoms with Gasteiger partial charge in [-0.3, -0.25) is 4.79 Å². The lowest BCUT2D eigenvalue weighted by Gasteiger charge is -1.81. The predicted molar refractivity (Wildman–Crippen MR) is 48.9 cm³/mol. The molecule has 0 aliphatic rings. The molecule has 62 valence electrons. The molecule has 0 unspecified atom stereocenters. The molecule has 0 aliphatic carbocycles. The van der Waals surface area contributed by atoms with Gasteiger partial charge in [0.25, 0.3) is 5.91 Å². The van der Waals surface area contributed by atoms with Gasteiger partial charge >= 0.3 is 0 Å². The molecule has 0 bridgehead atoms. The standard InChI is InChI=1S/C6H7NOS.C2H6/c1-4-2-5(6(7)8)9-3-4;1-2/h2-3H,1H3,(H2,7,8);1-2H3. The number of nitrogens with two attached hydrogens (primary N) is 1. The minimum atomic E-state index is -0.340. The fourth-order valence-corrected chi connectivity index (χ4v) is 1.31. The highest BCUT2D eigenvalue weighted by molar-refractivity contribution is 7.12. The van der Waals surface area contributed by atoms with Gasteiger partial charge in [-0.25, -0.2) is 0 Å². The first-order chi connectivity index (χ1) is 5.20. The zero-order chi connectivity index (χ0) is 8.85. The zero-order valence-corrected chi connectivity index (χ0v) is 7.87. The van der Waals surface area contributed by atoms with Crippen molar-refractivity contribution in [2.45, 2.75) is 20.8 Å². The van der Waals surface area contributed by atoms with Gasteiger partial charge in [-0.2, -0.15) is 0 Å². The number of primary amides is 1. The third-order valence-corrected chi connectivity index (χ3v) is 2.04. The largest absolute Gasteiger partial charge is 0.365 e. The minimum absolute atomic E-state index is 0.340. The molecule has 0 saturated heterocycles. The Kier molecular flexibility index (Phi) is 4.54. The van der Waals surface area contributed by atoms with Crippen molar-refractivity contribution in [1.29, 1.82) is 0 Å². The fourth-order valence-electron chi connectivity index (χ4n) is 0.560. The lowest BCUT2D eigenvalue weighted by atomic mass is 10.3. The maximum atomic E-state index is 10.4. The Morgan fingerprint density at radius 2 is 2.09 bits per heavy atom. The average molecular weight is 171 g/mol. The smallest absolute Gasteiger partial charge is 0.258 e. The van der Waals surface area contributed by atoms with Crippen molar-refractivity contribution in [2.24, 2.45) is 5.73 Å². The topological polar surface area (TPSA) is 43.1 Å². The van der Waals surface area contributed by atoms with Gasteiger partial charge in [0.15, 0.2) is 0 Å². The van der Waals surface area contributed by atoms with Gasteiger partial charge in [-0.05, 0) is 23.9 Å². The van der Waals surface area contributed by atoms with Gasteiger partial charge in [-0.15, -0.1) is 11.3 Å². The normalized spacial score (nSPS) is 8.27. The van der Waals surface area contributed by atoms with Crippen LogP contribution in [-0.4, -0.2) is 5.91 Å². The van der Waals surface area contributed by atoms with Crippen LogP contribution in [-0.2, 0) is 0 Å². The quantitative estimate of drug-likeness (QED) is 0.691. The molecule has 3 heteroatoms. The van der Waals surface area contributed by atoms with Gasteiger partial charge in [-0.1, -0.05) is 13.8 Å². The van der Waals surface area contributed by atoms with E-state index in [1.54, 1.807) is 6.07 Å². The summed E-state index contributed by atoms with van der Waals surface area (Å²) in [5.74, 6) is -0.340. The molecule has 1 aromatic rings. The number of carbonyl (C=O) groups excluding carboxylic acids is 1. The zero-order valence-electron chi connectivity index (χ0n) is 7.05. The van der Waals surface area contributed by atoms with E-state index in [2.05, 4.69) is 0 Å². The molecule has 0 fully saturated rings. The molecule has 1 heterocycles. The molecule has 0 aliphatic heterocycles. The Labute approximate surface area is 71.0 Å². The Balaban J connectivity index is 0.000000461. The van der Waals surface area contributed by atoms with Gasteiger partial charge < -0.3 is 5.73 Å². The third kappa shape index (κ3) is 3.18. The molecule has 2 N–H and O–H groups in total. The van der Waals surface area contributed by atoms with E-state index in [9.17, 15) is 4.79 Å². The second-order valence-corrected chi connectivity index (χ2v) is 2.76. The van der Waals surface area contributed by atoms with Crippen LogP contribution in [0, 0.1) is 6.92 Å². The minimum Gasteiger partial charge on any atom is -0.365 e. The Hall–Kier alpha value is -0.830. The third-order valence-electron chi connectivity index (χ3n) is 0.973. The number of carbonyl (C=O) groups is 1. The number of rotatable bonds is 1. The first kappa shape index (κ1) is 10.2. The van der Waals surface area contributed by atoms with Crippen molar-refractivity contribution in [1.82, 2.24) is 0 Å². The summed E-state index contributed by atoms with van der Waals surface area (Å²) >= 11 is 1.38. The number of hydrogen-bond acceptors (Lipinski definition) is 2. The van der Waals surface area contributed by atoms with E-state index >= 15 is 0 Å². The molecule has 1 aromatic heterocycles. The molecule has 1 amide bonds. The molecule has 0 aromatic carbocycles. The van der Waals surface area contributed by atoms with E-state index in [1.807, 2.05) is 26.2 Å². The molecule has 0 spiro atoms. The monoisotopic (exact) mass is 171 g/mol.